The molecule has 0 amide bonds. The van der Waals surface area contributed by atoms with Crippen LogP contribution in [0.1, 0.15) is 32.6 Å². The average molecular weight is 337 g/mol. The van der Waals surface area contributed by atoms with E-state index in [1.165, 1.54) is 4.48 Å². The summed E-state index contributed by atoms with van der Waals surface area (Å²) in [5.74, 6) is 0.497. The van der Waals surface area contributed by atoms with Crippen LogP contribution in [-0.4, -0.2) is 25.5 Å². The van der Waals surface area contributed by atoms with Crippen LogP contribution in [0.3, 0.4) is 0 Å². The summed E-state index contributed by atoms with van der Waals surface area (Å²) in [4.78, 5) is 4.74. The normalized spacial score (nSPS) is 27.8. The van der Waals surface area contributed by atoms with Crippen LogP contribution in [0.25, 0.3) is 0 Å². The average Bonchev–Trinajstić information content (AvgIpc) is 2.67. The molecule has 1 aliphatic heterocycles. The highest BCUT2D eigenvalue weighted by molar-refractivity contribution is 9.11. The van der Waals surface area contributed by atoms with Gasteiger partial charge in [0.15, 0.2) is 0 Å². The molecule has 0 N–H and O–H groups in total. The van der Waals surface area contributed by atoms with Gasteiger partial charge in [0.1, 0.15) is 0 Å². The summed E-state index contributed by atoms with van der Waals surface area (Å²) in [5.41, 5.74) is 0.779. The van der Waals surface area contributed by atoms with Crippen molar-refractivity contribution in [1.29, 1.82) is 5.26 Å². The van der Waals surface area contributed by atoms with Crippen molar-refractivity contribution in [3.63, 3.8) is 0 Å². The molecule has 3 nitrogen and oxygen atoms in total. The molecular formula is C16H21BrN2O. The minimum absolute atomic E-state index is 0.322. The van der Waals surface area contributed by atoms with Gasteiger partial charge in [0.05, 0.1) is 18.0 Å². The van der Waals surface area contributed by atoms with Crippen LogP contribution < -0.4 is 0 Å². The van der Waals surface area contributed by atoms with Gasteiger partial charge in [-0.1, -0.05) is 35.0 Å². The van der Waals surface area contributed by atoms with Gasteiger partial charge in [-0.15, -0.1) is 0 Å². The second-order valence-electron chi connectivity index (χ2n) is 5.53. The van der Waals surface area contributed by atoms with Crippen LogP contribution in [0.2, 0.25) is 0 Å². The lowest BCUT2D eigenvalue weighted by molar-refractivity contribution is 0.0442. The van der Waals surface area contributed by atoms with Crippen molar-refractivity contribution in [2.24, 2.45) is 16.3 Å². The molecule has 1 aliphatic carbocycles. The molecule has 1 saturated heterocycles. The summed E-state index contributed by atoms with van der Waals surface area (Å²) in [6.45, 7) is 4.15. The zero-order chi connectivity index (χ0) is 14.4. The molecule has 0 bridgehead atoms. The summed E-state index contributed by atoms with van der Waals surface area (Å²) in [5, 5.41) is 9.46. The Morgan fingerprint density at radius 1 is 1.50 bits per heavy atom. The van der Waals surface area contributed by atoms with Crippen LogP contribution in [0.15, 0.2) is 27.7 Å². The molecule has 1 fully saturated rings. The number of hydrogen-bond donors (Lipinski definition) is 0. The number of nitrogens with zero attached hydrogens (tertiary/aromatic N) is 2. The number of aliphatic imine (C=N–C) groups is 1. The minimum atomic E-state index is -0.322. The van der Waals surface area contributed by atoms with Crippen LogP contribution in [0.5, 0.6) is 0 Å². The maximum Gasteiger partial charge on any atom is 0.0812 e. The standard InChI is InChI=1S/C16H21BrN2O/c1-2-13-10-14(4-3-5-15(13)17)19-12-16(11-18)6-8-20-9-7-16/h3-5,13H,2,6-10,12H2,1H3. The Morgan fingerprint density at radius 2 is 2.25 bits per heavy atom. The predicted molar refractivity (Wildman–Crippen MR) is 84.9 cm³/mol. The molecule has 0 radical (unpaired) electrons. The van der Waals surface area contributed by atoms with E-state index >= 15 is 0 Å². The van der Waals surface area contributed by atoms with Gasteiger partial charge in [-0.25, -0.2) is 0 Å². The first-order chi connectivity index (χ1) is 9.69. The van der Waals surface area contributed by atoms with E-state index in [-0.39, 0.29) is 5.41 Å². The highest BCUT2D eigenvalue weighted by atomic mass is 79.9. The fourth-order valence-corrected chi connectivity index (χ4v) is 3.22. The topological polar surface area (TPSA) is 45.4 Å². The number of ether oxygens (including phenoxy) is 1. The van der Waals surface area contributed by atoms with E-state index < -0.39 is 0 Å². The lowest BCUT2D eigenvalue weighted by Crippen LogP contribution is -2.31. The molecule has 2 rings (SSSR count). The highest BCUT2D eigenvalue weighted by Crippen LogP contribution is 2.31. The third-order valence-corrected chi connectivity index (χ3v) is 5.07. The first kappa shape index (κ1) is 15.5. The number of halogens is 1. The van der Waals surface area contributed by atoms with Crippen molar-refractivity contribution in [3.05, 3.63) is 22.7 Å². The van der Waals surface area contributed by atoms with Gasteiger partial charge in [0.2, 0.25) is 0 Å². The maximum atomic E-state index is 9.46. The van der Waals surface area contributed by atoms with Crippen molar-refractivity contribution in [3.8, 4) is 6.07 Å². The summed E-state index contributed by atoms with van der Waals surface area (Å²) < 4.78 is 6.60. The number of allylic oxidation sites excluding steroid dienone is 4. The largest absolute Gasteiger partial charge is 0.381 e. The molecule has 0 saturated carbocycles. The van der Waals surface area contributed by atoms with E-state index in [2.05, 4.69) is 41.1 Å². The fourth-order valence-electron chi connectivity index (χ4n) is 2.58. The molecule has 1 atom stereocenters. The Labute approximate surface area is 129 Å². The molecule has 20 heavy (non-hydrogen) atoms. The van der Waals surface area contributed by atoms with E-state index in [1.54, 1.807) is 0 Å². The first-order valence-electron chi connectivity index (χ1n) is 7.25. The lowest BCUT2D eigenvalue weighted by Gasteiger charge is -2.29. The predicted octanol–water partition coefficient (Wildman–Crippen LogP) is 4.01. The zero-order valence-electron chi connectivity index (χ0n) is 11.9. The van der Waals surface area contributed by atoms with Crippen molar-refractivity contribution in [1.82, 2.24) is 0 Å². The molecule has 0 aromatic heterocycles. The molecule has 0 aromatic carbocycles. The SMILES string of the molecule is CCC1CC(=NCC2(C#N)CCOCC2)C=CC=C1Br. The van der Waals surface area contributed by atoms with Crippen LogP contribution in [0.4, 0.5) is 0 Å². The molecule has 2 aliphatic rings. The second-order valence-corrected chi connectivity index (χ2v) is 6.45. The zero-order valence-corrected chi connectivity index (χ0v) is 13.5. The Bertz CT molecular complexity index is 467. The van der Waals surface area contributed by atoms with E-state index in [4.69, 9.17) is 9.73 Å². The number of rotatable bonds is 3. The van der Waals surface area contributed by atoms with Gasteiger partial charge in [0.25, 0.3) is 0 Å². The highest BCUT2D eigenvalue weighted by Gasteiger charge is 2.32. The van der Waals surface area contributed by atoms with E-state index in [9.17, 15) is 5.26 Å². The monoisotopic (exact) mass is 336 g/mol. The Kier molecular flexibility index (Phi) is 5.56. The number of nitriles is 1. The minimum Gasteiger partial charge on any atom is -0.381 e. The van der Waals surface area contributed by atoms with Gasteiger partial charge in [-0.05, 0) is 42.2 Å². The van der Waals surface area contributed by atoms with E-state index in [0.717, 1.165) is 31.4 Å². The summed E-state index contributed by atoms with van der Waals surface area (Å²) in [6.07, 6.45) is 9.84. The van der Waals surface area contributed by atoms with E-state index in [0.29, 0.717) is 25.7 Å². The van der Waals surface area contributed by atoms with E-state index in [1.807, 2.05) is 6.08 Å². The van der Waals surface area contributed by atoms with Crippen LogP contribution in [-0.2, 0) is 4.74 Å². The van der Waals surface area contributed by atoms with Gasteiger partial charge in [0, 0.05) is 18.9 Å². The molecule has 1 unspecified atom stereocenters. The molecule has 0 aromatic rings. The summed E-state index contributed by atoms with van der Waals surface area (Å²) in [6, 6.07) is 2.47. The lowest BCUT2D eigenvalue weighted by atomic mass is 9.82. The van der Waals surface area contributed by atoms with Gasteiger partial charge in [-0.3, -0.25) is 4.99 Å². The molecule has 108 valence electrons. The van der Waals surface area contributed by atoms with Crippen molar-refractivity contribution >= 4 is 21.6 Å². The Morgan fingerprint density at radius 3 is 2.90 bits per heavy atom. The fraction of sp³-hybridized carbons (Fsp3) is 0.625. The number of hydrogen-bond acceptors (Lipinski definition) is 3. The van der Waals surface area contributed by atoms with Crippen molar-refractivity contribution in [2.75, 3.05) is 19.8 Å². The maximum absolute atomic E-state index is 9.46. The van der Waals surface area contributed by atoms with Crippen LogP contribution in [0, 0.1) is 22.7 Å². The van der Waals surface area contributed by atoms with Crippen molar-refractivity contribution in [2.45, 2.75) is 32.6 Å². The van der Waals surface area contributed by atoms with Gasteiger partial charge in [-0.2, -0.15) is 5.26 Å². The molecule has 4 heteroatoms. The molecular weight excluding hydrogens is 316 g/mol. The quantitative estimate of drug-likeness (QED) is 0.781. The smallest absolute Gasteiger partial charge is 0.0812 e. The van der Waals surface area contributed by atoms with Gasteiger partial charge >= 0.3 is 0 Å². The third-order valence-electron chi connectivity index (χ3n) is 4.15. The summed E-state index contributed by atoms with van der Waals surface area (Å²) >= 11 is 3.63. The first-order valence-corrected chi connectivity index (χ1v) is 8.04. The third kappa shape index (κ3) is 3.80. The molecule has 0 spiro atoms. The Hall–Kier alpha value is -0.920. The van der Waals surface area contributed by atoms with Gasteiger partial charge < -0.3 is 4.74 Å². The Balaban J connectivity index is 2.05. The second kappa shape index (κ2) is 7.19. The molecule has 1 heterocycles. The summed E-state index contributed by atoms with van der Waals surface area (Å²) in [7, 11) is 0. The van der Waals surface area contributed by atoms with Crippen LogP contribution >= 0.6 is 15.9 Å². The van der Waals surface area contributed by atoms with Crippen molar-refractivity contribution < 1.29 is 4.74 Å².